The highest BCUT2D eigenvalue weighted by molar-refractivity contribution is 5.91. The number of nitrogen functional groups attached to an aromatic ring is 2. The number of benzene rings is 1. The summed E-state index contributed by atoms with van der Waals surface area (Å²) in [7, 11) is 0. The van der Waals surface area contributed by atoms with Crippen LogP contribution in [0.25, 0.3) is 10.9 Å². The Morgan fingerprint density at radius 3 is 2.50 bits per heavy atom. The van der Waals surface area contributed by atoms with Crippen LogP contribution in [-0.2, 0) is 0 Å². The highest BCUT2D eigenvalue weighted by Gasteiger charge is 1.99. The molecule has 0 spiro atoms. The topological polar surface area (TPSA) is 77.8 Å². The first-order valence-corrected chi connectivity index (χ1v) is 3.52. The van der Waals surface area contributed by atoms with E-state index in [1.807, 2.05) is 0 Å². The monoisotopic (exact) mass is 232 g/mol. The fourth-order valence-corrected chi connectivity index (χ4v) is 1.16. The van der Waals surface area contributed by atoms with Crippen molar-refractivity contribution in [3.8, 4) is 0 Å². The summed E-state index contributed by atoms with van der Waals surface area (Å²) in [6.07, 6.45) is 3.16. The molecule has 0 amide bonds. The van der Waals surface area contributed by atoms with Gasteiger partial charge in [0.05, 0.1) is 11.2 Å². The minimum absolute atomic E-state index is 0. The van der Waals surface area contributed by atoms with Crippen molar-refractivity contribution >= 4 is 47.1 Å². The summed E-state index contributed by atoms with van der Waals surface area (Å²) in [5, 5.41) is 0.870. The maximum Gasteiger partial charge on any atom is 0.116 e. The quantitative estimate of drug-likeness (QED) is 0.678. The van der Waals surface area contributed by atoms with Crippen molar-refractivity contribution < 1.29 is 0 Å². The van der Waals surface area contributed by atoms with Crippen molar-refractivity contribution in [3.05, 3.63) is 24.7 Å². The molecule has 4 N–H and O–H groups in total. The van der Waals surface area contributed by atoms with Crippen LogP contribution in [0.3, 0.4) is 0 Å². The maximum atomic E-state index is 5.69. The van der Waals surface area contributed by atoms with Gasteiger partial charge in [0, 0.05) is 17.3 Å². The molecule has 2 rings (SSSR count). The molecular formula is C8H10Cl2N4. The molecule has 1 aromatic carbocycles. The van der Waals surface area contributed by atoms with E-state index in [9.17, 15) is 0 Å². The van der Waals surface area contributed by atoms with E-state index in [1.165, 1.54) is 6.33 Å². The highest BCUT2D eigenvalue weighted by atomic mass is 35.5. The van der Waals surface area contributed by atoms with Gasteiger partial charge in [0.2, 0.25) is 0 Å². The van der Waals surface area contributed by atoms with Crippen LogP contribution in [-0.4, -0.2) is 9.97 Å². The predicted octanol–water partition coefficient (Wildman–Crippen LogP) is 1.64. The molecule has 0 aliphatic rings. The zero-order valence-corrected chi connectivity index (χ0v) is 8.81. The predicted molar refractivity (Wildman–Crippen MR) is 62.9 cm³/mol. The zero-order valence-electron chi connectivity index (χ0n) is 7.18. The normalized spacial score (nSPS) is 8.86. The molecule has 0 aliphatic carbocycles. The highest BCUT2D eigenvalue weighted by Crippen LogP contribution is 2.20. The van der Waals surface area contributed by atoms with Gasteiger partial charge in [-0.2, -0.15) is 0 Å². The fourth-order valence-electron chi connectivity index (χ4n) is 1.16. The van der Waals surface area contributed by atoms with Crippen molar-refractivity contribution in [1.29, 1.82) is 0 Å². The molecular weight excluding hydrogens is 223 g/mol. The minimum Gasteiger partial charge on any atom is -0.399 e. The second kappa shape index (κ2) is 4.83. The van der Waals surface area contributed by atoms with E-state index in [4.69, 9.17) is 11.5 Å². The van der Waals surface area contributed by atoms with E-state index >= 15 is 0 Å². The maximum absolute atomic E-state index is 5.69. The van der Waals surface area contributed by atoms with Gasteiger partial charge in [-0.1, -0.05) is 0 Å². The molecule has 0 radical (unpaired) electrons. The number of halogens is 2. The fraction of sp³-hybridized carbons (Fsp3) is 0. The van der Waals surface area contributed by atoms with Gasteiger partial charge in [-0.25, -0.2) is 9.97 Å². The molecule has 6 heteroatoms. The summed E-state index contributed by atoms with van der Waals surface area (Å²) in [4.78, 5) is 7.90. The van der Waals surface area contributed by atoms with Crippen LogP contribution in [0.5, 0.6) is 0 Å². The molecule has 0 fully saturated rings. The average molecular weight is 233 g/mol. The van der Waals surface area contributed by atoms with E-state index in [0.29, 0.717) is 11.4 Å². The van der Waals surface area contributed by atoms with Crippen molar-refractivity contribution in [2.24, 2.45) is 0 Å². The average Bonchev–Trinajstić information content (AvgIpc) is 2.04. The molecule has 14 heavy (non-hydrogen) atoms. The van der Waals surface area contributed by atoms with Crippen LogP contribution >= 0.6 is 24.8 Å². The van der Waals surface area contributed by atoms with E-state index in [1.54, 1.807) is 18.3 Å². The number of nitrogens with two attached hydrogens (primary N) is 2. The molecule has 0 bridgehead atoms. The summed E-state index contributed by atoms with van der Waals surface area (Å²) >= 11 is 0. The third-order valence-electron chi connectivity index (χ3n) is 1.66. The van der Waals surface area contributed by atoms with Gasteiger partial charge in [0.1, 0.15) is 6.33 Å². The third-order valence-corrected chi connectivity index (χ3v) is 1.66. The lowest BCUT2D eigenvalue weighted by atomic mass is 10.2. The number of aromatic nitrogens is 2. The number of hydrogen-bond donors (Lipinski definition) is 2. The van der Waals surface area contributed by atoms with Crippen molar-refractivity contribution in [1.82, 2.24) is 9.97 Å². The van der Waals surface area contributed by atoms with E-state index in [2.05, 4.69) is 9.97 Å². The standard InChI is InChI=1S/C8H8N4.2ClH/c9-6-1-5-3-11-4-12-8(5)7(10)2-6;;/h1-4H,9-10H2;2*1H. The van der Waals surface area contributed by atoms with Gasteiger partial charge in [0.15, 0.2) is 0 Å². The van der Waals surface area contributed by atoms with Crippen LogP contribution < -0.4 is 11.5 Å². The number of anilines is 2. The van der Waals surface area contributed by atoms with Crippen LogP contribution in [0.1, 0.15) is 0 Å². The van der Waals surface area contributed by atoms with Crippen molar-refractivity contribution in [3.63, 3.8) is 0 Å². The lowest BCUT2D eigenvalue weighted by Gasteiger charge is -2.00. The van der Waals surface area contributed by atoms with Gasteiger partial charge in [0.25, 0.3) is 0 Å². The zero-order chi connectivity index (χ0) is 8.55. The molecule has 2 aromatic rings. The van der Waals surface area contributed by atoms with Crippen molar-refractivity contribution in [2.45, 2.75) is 0 Å². The first-order valence-electron chi connectivity index (χ1n) is 3.52. The lowest BCUT2D eigenvalue weighted by Crippen LogP contribution is -1.93. The van der Waals surface area contributed by atoms with Gasteiger partial charge in [-0.15, -0.1) is 24.8 Å². The van der Waals surface area contributed by atoms with Gasteiger partial charge >= 0.3 is 0 Å². The molecule has 4 nitrogen and oxygen atoms in total. The Morgan fingerprint density at radius 1 is 1.07 bits per heavy atom. The van der Waals surface area contributed by atoms with E-state index in [-0.39, 0.29) is 24.8 Å². The molecule has 0 saturated carbocycles. The Balaban J connectivity index is 0.000000845. The number of hydrogen-bond acceptors (Lipinski definition) is 4. The van der Waals surface area contributed by atoms with Crippen LogP contribution in [0.2, 0.25) is 0 Å². The molecule has 76 valence electrons. The number of nitrogens with zero attached hydrogens (tertiary/aromatic N) is 2. The lowest BCUT2D eigenvalue weighted by molar-refractivity contribution is 1.22. The Morgan fingerprint density at radius 2 is 1.79 bits per heavy atom. The molecule has 0 saturated heterocycles. The molecule has 0 unspecified atom stereocenters. The number of fused-ring (bicyclic) bond motifs is 1. The number of rotatable bonds is 0. The van der Waals surface area contributed by atoms with Gasteiger partial charge < -0.3 is 11.5 Å². The van der Waals surface area contributed by atoms with E-state index in [0.717, 1.165) is 10.9 Å². The first kappa shape index (κ1) is 12.7. The van der Waals surface area contributed by atoms with Crippen LogP contribution in [0, 0.1) is 0 Å². The Bertz CT molecular complexity index is 433. The summed E-state index contributed by atoms with van der Waals surface area (Å²) in [5.74, 6) is 0. The summed E-state index contributed by atoms with van der Waals surface area (Å²) < 4.78 is 0. The molecule has 0 aliphatic heterocycles. The summed E-state index contributed by atoms with van der Waals surface area (Å²) in [6.45, 7) is 0. The van der Waals surface area contributed by atoms with Crippen LogP contribution in [0.4, 0.5) is 11.4 Å². The van der Waals surface area contributed by atoms with Crippen LogP contribution in [0.15, 0.2) is 24.7 Å². The Kier molecular flexibility index (Phi) is 4.40. The molecule has 1 aromatic heterocycles. The molecule has 1 heterocycles. The summed E-state index contributed by atoms with van der Waals surface area (Å²) in [5.41, 5.74) is 13.2. The second-order valence-electron chi connectivity index (χ2n) is 2.57. The summed E-state index contributed by atoms with van der Waals surface area (Å²) in [6, 6.07) is 3.49. The SMILES string of the molecule is Cl.Cl.Nc1cc(N)c2ncncc2c1. The van der Waals surface area contributed by atoms with E-state index < -0.39 is 0 Å². The van der Waals surface area contributed by atoms with Crippen molar-refractivity contribution in [2.75, 3.05) is 11.5 Å². The molecule has 0 atom stereocenters. The largest absolute Gasteiger partial charge is 0.399 e. The van der Waals surface area contributed by atoms with Gasteiger partial charge in [-0.05, 0) is 12.1 Å². The third kappa shape index (κ3) is 2.16. The minimum atomic E-state index is 0. The van der Waals surface area contributed by atoms with Gasteiger partial charge in [-0.3, -0.25) is 0 Å². The first-order chi connectivity index (χ1) is 5.77. The smallest absolute Gasteiger partial charge is 0.116 e. The Labute approximate surface area is 93.5 Å². The second-order valence-corrected chi connectivity index (χ2v) is 2.57. The Hall–Kier alpha value is -1.26.